The van der Waals surface area contributed by atoms with Crippen LogP contribution in [-0.4, -0.2) is 53.5 Å². The zero-order valence-electron chi connectivity index (χ0n) is 19.2. The van der Waals surface area contributed by atoms with Crippen LogP contribution in [0.25, 0.3) is 16.9 Å². The van der Waals surface area contributed by atoms with Gasteiger partial charge in [-0.1, -0.05) is 13.8 Å². The van der Waals surface area contributed by atoms with Crippen LogP contribution in [0.2, 0.25) is 0 Å². The summed E-state index contributed by atoms with van der Waals surface area (Å²) in [5.74, 6) is 2.34. The number of imidazole rings is 1. The molecule has 3 aromatic rings. The molecule has 0 fully saturated rings. The summed E-state index contributed by atoms with van der Waals surface area (Å²) >= 11 is 0. The van der Waals surface area contributed by atoms with Gasteiger partial charge in [0.25, 0.3) is 0 Å². The molecule has 2 aromatic heterocycles. The molecule has 0 spiro atoms. The van der Waals surface area contributed by atoms with Gasteiger partial charge in [0, 0.05) is 37.1 Å². The second kappa shape index (κ2) is 10.9. The molecule has 166 valence electrons. The molecule has 0 saturated carbocycles. The Morgan fingerprint density at radius 1 is 1.10 bits per heavy atom. The third-order valence-electron chi connectivity index (χ3n) is 5.63. The minimum absolute atomic E-state index is 0.430. The van der Waals surface area contributed by atoms with E-state index >= 15 is 0 Å². The van der Waals surface area contributed by atoms with Crippen LogP contribution >= 0.6 is 0 Å². The van der Waals surface area contributed by atoms with Gasteiger partial charge in [0.2, 0.25) is 0 Å². The number of hydrogen-bond donors (Lipinski definition) is 1. The van der Waals surface area contributed by atoms with Gasteiger partial charge in [-0.2, -0.15) is 0 Å². The lowest BCUT2D eigenvalue weighted by Crippen LogP contribution is -2.35. The molecule has 0 saturated heterocycles. The molecule has 0 amide bonds. The summed E-state index contributed by atoms with van der Waals surface area (Å²) in [4.78, 5) is 6.37. The molecule has 0 aliphatic rings. The molecule has 7 nitrogen and oxygen atoms in total. The summed E-state index contributed by atoms with van der Waals surface area (Å²) in [5, 5.41) is 12.3. The standard InChI is InChI=1S/C24H34N6O/c1-18(2)6-7-19(12-13-25-3)29(4)24-11-10-22(27-28-24)21-9-8-20(16-23(21)31-5)30-15-14-26-17-30/h8-11,14-19,25H,6-7,12-13H2,1-5H3/t19-/m0/s1. The Labute approximate surface area is 185 Å². The van der Waals surface area contributed by atoms with Gasteiger partial charge in [0.05, 0.1) is 24.8 Å². The first-order valence-electron chi connectivity index (χ1n) is 10.9. The fraction of sp³-hybridized carbons (Fsp3) is 0.458. The number of aromatic nitrogens is 4. The zero-order chi connectivity index (χ0) is 22.2. The topological polar surface area (TPSA) is 68.1 Å². The van der Waals surface area contributed by atoms with Gasteiger partial charge in [-0.25, -0.2) is 4.98 Å². The van der Waals surface area contributed by atoms with E-state index in [1.165, 1.54) is 6.42 Å². The van der Waals surface area contributed by atoms with Gasteiger partial charge in [-0.15, -0.1) is 10.2 Å². The number of nitrogens with one attached hydrogen (secondary N) is 1. The highest BCUT2D eigenvalue weighted by atomic mass is 16.5. The number of benzene rings is 1. The van der Waals surface area contributed by atoms with Gasteiger partial charge in [-0.05, 0) is 63.0 Å². The number of anilines is 1. The average molecular weight is 423 g/mol. The van der Waals surface area contributed by atoms with E-state index in [0.29, 0.717) is 12.0 Å². The molecule has 1 atom stereocenters. The summed E-state index contributed by atoms with van der Waals surface area (Å²) in [6.45, 7) is 5.53. The van der Waals surface area contributed by atoms with Crippen molar-refractivity contribution in [2.24, 2.45) is 5.92 Å². The van der Waals surface area contributed by atoms with Crippen LogP contribution in [0, 0.1) is 5.92 Å². The first kappa shape index (κ1) is 22.7. The monoisotopic (exact) mass is 422 g/mol. The molecule has 0 aliphatic heterocycles. The maximum Gasteiger partial charge on any atom is 0.151 e. The molecule has 2 heterocycles. The first-order valence-corrected chi connectivity index (χ1v) is 10.9. The Kier molecular flexibility index (Phi) is 8.00. The van der Waals surface area contributed by atoms with E-state index in [2.05, 4.69) is 46.3 Å². The molecule has 1 N–H and O–H groups in total. The summed E-state index contributed by atoms with van der Waals surface area (Å²) in [7, 11) is 5.79. The van der Waals surface area contributed by atoms with Crippen molar-refractivity contribution in [3.05, 3.63) is 49.1 Å². The first-order chi connectivity index (χ1) is 15.0. The van der Waals surface area contributed by atoms with Crippen LogP contribution in [0.15, 0.2) is 49.1 Å². The van der Waals surface area contributed by atoms with Crippen molar-refractivity contribution in [3.8, 4) is 22.7 Å². The predicted octanol–water partition coefficient (Wildman–Crippen LogP) is 4.19. The highest BCUT2D eigenvalue weighted by molar-refractivity contribution is 5.69. The molecule has 0 bridgehead atoms. The SMILES string of the molecule is CNCC[C@H](CCC(C)C)N(C)c1ccc(-c2ccc(-n3ccnc3)cc2OC)nn1. The molecule has 0 aliphatic carbocycles. The molecule has 0 unspecified atom stereocenters. The van der Waals surface area contributed by atoms with Gasteiger partial charge in [-0.3, -0.25) is 0 Å². The quantitative estimate of drug-likeness (QED) is 0.500. The van der Waals surface area contributed by atoms with Gasteiger partial charge < -0.3 is 19.5 Å². The lowest BCUT2D eigenvalue weighted by Gasteiger charge is -2.29. The summed E-state index contributed by atoms with van der Waals surface area (Å²) in [6, 6.07) is 10.5. The minimum atomic E-state index is 0.430. The average Bonchev–Trinajstić information content (AvgIpc) is 3.33. The summed E-state index contributed by atoms with van der Waals surface area (Å²) in [6.07, 6.45) is 8.84. The largest absolute Gasteiger partial charge is 0.496 e. The van der Waals surface area contributed by atoms with Crippen molar-refractivity contribution in [2.45, 2.75) is 39.2 Å². The molecule has 7 heteroatoms. The normalized spacial score (nSPS) is 12.2. The van der Waals surface area contributed by atoms with E-state index in [1.807, 2.05) is 48.1 Å². The van der Waals surface area contributed by atoms with Crippen LogP contribution in [0.5, 0.6) is 5.75 Å². The van der Waals surface area contributed by atoms with E-state index in [4.69, 9.17) is 4.74 Å². The Morgan fingerprint density at radius 3 is 2.55 bits per heavy atom. The Hall–Kier alpha value is -2.93. The molecule has 1 aromatic carbocycles. The zero-order valence-corrected chi connectivity index (χ0v) is 19.2. The summed E-state index contributed by atoms with van der Waals surface area (Å²) in [5.41, 5.74) is 2.69. The van der Waals surface area contributed by atoms with Gasteiger partial charge >= 0.3 is 0 Å². The Bertz CT molecular complexity index is 924. The lowest BCUT2D eigenvalue weighted by atomic mass is 10.00. The fourth-order valence-corrected chi connectivity index (χ4v) is 3.68. The lowest BCUT2D eigenvalue weighted by molar-refractivity contribution is 0.416. The van der Waals surface area contributed by atoms with Crippen molar-refractivity contribution < 1.29 is 4.74 Å². The van der Waals surface area contributed by atoms with Crippen LogP contribution in [0.1, 0.15) is 33.1 Å². The Balaban J connectivity index is 1.79. The van der Waals surface area contributed by atoms with Crippen molar-refractivity contribution >= 4 is 5.82 Å². The number of ether oxygens (including phenoxy) is 1. The van der Waals surface area contributed by atoms with Crippen LogP contribution in [0.3, 0.4) is 0 Å². The highest BCUT2D eigenvalue weighted by Crippen LogP contribution is 2.31. The number of methoxy groups -OCH3 is 1. The fourth-order valence-electron chi connectivity index (χ4n) is 3.68. The van der Waals surface area contributed by atoms with E-state index in [-0.39, 0.29) is 0 Å². The smallest absolute Gasteiger partial charge is 0.151 e. The van der Waals surface area contributed by atoms with Crippen LogP contribution in [0.4, 0.5) is 5.82 Å². The van der Waals surface area contributed by atoms with Crippen molar-refractivity contribution in [1.82, 2.24) is 25.1 Å². The maximum absolute atomic E-state index is 5.63. The van der Waals surface area contributed by atoms with E-state index < -0.39 is 0 Å². The van der Waals surface area contributed by atoms with Crippen molar-refractivity contribution in [3.63, 3.8) is 0 Å². The third kappa shape index (κ3) is 5.82. The number of nitrogens with zero attached hydrogens (tertiary/aromatic N) is 5. The van der Waals surface area contributed by atoms with Crippen LogP contribution in [-0.2, 0) is 0 Å². The minimum Gasteiger partial charge on any atom is -0.496 e. The number of rotatable bonds is 11. The van der Waals surface area contributed by atoms with Gasteiger partial charge in [0.15, 0.2) is 5.82 Å². The second-order valence-electron chi connectivity index (χ2n) is 8.26. The van der Waals surface area contributed by atoms with Crippen LogP contribution < -0.4 is 15.0 Å². The van der Waals surface area contributed by atoms with E-state index in [9.17, 15) is 0 Å². The van der Waals surface area contributed by atoms with Crippen molar-refractivity contribution in [2.75, 3.05) is 32.6 Å². The molecule has 0 radical (unpaired) electrons. The van der Waals surface area contributed by atoms with E-state index in [0.717, 1.165) is 47.9 Å². The van der Waals surface area contributed by atoms with Gasteiger partial charge in [0.1, 0.15) is 5.75 Å². The van der Waals surface area contributed by atoms with Crippen molar-refractivity contribution in [1.29, 1.82) is 0 Å². The third-order valence-corrected chi connectivity index (χ3v) is 5.63. The molecule has 3 rings (SSSR count). The van der Waals surface area contributed by atoms with E-state index in [1.54, 1.807) is 19.6 Å². The predicted molar refractivity (Wildman–Crippen MR) is 126 cm³/mol. The Morgan fingerprint density at radius 2 is 1.94 bits per heavy atom. The molecule has 31 heavy (non-hydrogen) atoms. The molecular formula is C24H34N6O. The second-order valence-corrected chi connectivity index (χ2v) is 8.26. The maximum atomic E-state index is 5.63. The number of hydrogen-bond acceptors (Lipinski definition) is 6. The highest BCUT2D eigenvalue weighted by Gasteiger charge is 2.18. The molecular weight excluding hydrogens is 388 g/mol. The summed E-state index contributed by atoms with van der Waals surface area (Å²) < 4.78 is 7.58.